The van der Waals surface area contributed by atoms with Crippen molar-refractivity contribution in [1.29, 1.82) is 0 Å². The third-order valence-electron chi connectivity index (χ3n) is 2.27. The highest BCUT2D eigenvalue weighted by Crippen LogP contribution is 2.25. The molecule has 0 unspecified atom stereocenters. The fraction of sp³-hybridized carbons (Fsp3) is 0.0909. The molecule has 0 bridgehead atoms. The van der Waals surface area contributed by atoms with E-state index in [-0.39, 0.29) is 0 Å². The van der Waals surface area contributed by atoms with Crippen LogP contribution in [0, 0.1) is 6.92 Å². The lowest BCUT2D eigenvalue weighted by Crippen LogP contribution is -2.00. The molecule has 1 N–H and O–H groups in total. The molecule has 2 rings (SSSR count). The maximum absolute atomic E-state index is 10.9. The van der Waals surface area contributed by atoms with Crippen molar-refractivity contribution in [1.82, 2.24) is 4.98 Å². The average molecular weight is 219 g/mol. The summed E-state index contributed by atoms with van der Waals surface area (Å²) in [7, 11) is 0. The largest absolute Gasteiger partial charge is 0.478 e. The predicted octanol–water partition coefficient (Wildman–Crippen LogP) is 2.82. The fourth-order valence-electron chi connectivity index (χ4n) is 1.49. The highest BCUT2D eigenvalue weighted by Gasteiger charge is 2.11. The highest BCUT2D eigenvalue weighted by molar-refractivity contribution is 7.07. The first-order valence-electron chi connectivity index (χ1n) is 4.41. The molecule has 0 aliphatic carbocycles. The number of hydrogen-bond acceptors (Lipinski definition) is 3. The summed E-state index contributed by atoms with van der Waals surface area (Å²) in [6.45, 7) is 1.80. The first-order valence-corrected chi connectivity index (χ1v) is 5.36. The molecule has 3 nitrogen and oxygen atoms in total. The molecule has 0 aliphatic rings. The molecule has 0 radical (unpaired) electrons. The molecular weight excluding hydrogens is 210 g/mol. The molecule has 1 heterocycles. The molecule has 2 aromatic rings. The van der Waals surface area contributed by atoms with Gasteiger partial charge in [-0.2, -0.15) is 0 Å². The summed E-state index contributed by atoms with van der Waals surface area (Å²) in [5, 5.41) is 10.9. The van der Waals surface area contributed by atoms with E-state index < -0.39 is 5.97 Å². The summed E-state index contributed by atoms with van der Waals surface area (Å²) in [6.07, 6.45) is 0. The van der Waals surface area contributed by atoms with Crippen LogP contribution in [0.1, 0.15) is 15.9 Å². The van der Waals surface area contributed by atoms with Crippen LogP contribution >= 0.6 is 11.3 Å². The lowest BCUT2D eigenvalue weighted by atomic mass is 10.0. The van der Waals surface area contributed by atoms with Crippen molar-refractivity contribution in [2.24, 2.45) is 0 Å². The smallest absolute Gasteiger partial charge is 0.335 e. The third kappa shape index (κ3) is 1.76. The van der Waals surface area contributed by atoms with Gasteiger partial charge in [-0.3, -0.25) is 0 Å². The molecule has 0 fully saturated rings. The van der Waals surface area contributed by atoms with Gasteiger partial charge in [0.05, 0.1) is 16.8 Å². The number of carboxylic acids is 1. The minimum atomic E-state index is -0.899. The first-order chi connectivity index (χ1) is 7.20. The SMILES string of the molecule is Cc1c(C(=O)O)cccc1-c1cscn1. The zero-order chi connectivity index (χ0) is 10.8. The fourth-order valence-corrected chi connectivity index (χ4v) is 2.04. The first kappa shape index (κ1) is 9.86. The highest BCUT2D eigenvalue weighted by atomic mass is 32.1. The Kier molecular flexibility index (Phi) is 2.51. The van der Waals surface area contributed by atoms with Crippen molar-refractivity contribution in [3.05, 3.63) is 40.2 Å². The van der Waals surface area contributed by atoms with E-state index in [1.165, 1.54) is 11.3 Å². The summed E-state index contributed by atoms with van der Waals surface area (Å²) in [5.74, 6) is -0.899. The molecule has 0 spiro atoms. The maximum Gasteiger partial charge on any atom is 0.335 e. The number of carboxylic acid groups (broad SMARTS) is 1. The Morgan fingerprint density at radius 2 is 2.27 bits per heavy atom. The minimum Gasteiger partial charge on any atom is -0.478 e. The molecule has 1 aromatic carbocycles. The van der Waals surface area contributed by atoms with Crippen LogP contribution in [0.15, 0.2) is 29.1 Å². The van der Waals surface area contributed by atoms with Crippen LogP contribution in [0.3, 0.4) is 0 Å². The van der Waals surface area contributed by atoms with Crippen LogP contribution in [-0.4, -0.2) is 16.1 Å². The lowest BCUT2D eigenvalue weighted by molar-refractivity contribution is 0.0696. The predicted molar refractivity (Wildman–Crippen MR) is 59.2 cm³/mol. The Hall–Kier alpha value is -1.68. The Balaban J connectivity index is 2.59. The number of thiazole rings is 1. The molecule has 0 saturated heterocycles. The number of nitrogens with zero attached hydrogens (tertiary/aromatic N) is 1. The molecule has 0 atom stereocenters. The second-order valence-corrected chi connectivity index (χ2v) is 3.88. The number of benzene rings is 1. The van der Waals surface area contributed by atoms with E-state index in [9.17, 15) is 4.79 Å². The van der Waals surface area contributed by atoms with Crippen molar-refractivity contribution in [2.45, 2.75) is 6.92 Å². The molecule has 76 valence electrons. The van der Waals surface area contributed by atoms with Crippen LogP contribution < -0.4 is 0 Å². The van der Waals surface area contributed by atoms with E-state index in [2.05, 4.69) is 4.98 Å². The molecule has 4 heteroatoms. The summed E-state index contributed by atoms with van der Waals surface area (Å²) in [6, 6.07) is 5.23. The van der Waals surface area contributed by atoms with Crippen LogP contribution in [0.2, 0.25) is 0 Å². The van der Waals surface area contributed by atoms with Gasteiger partial charge in [-0.05, 0) is 18.6 Å². The zero-order valence-corrected chi connectivity index (χ0v) is 8.91. The van der Waals surface area contributed by atoms with Gasteiger partial charge in [-0.1, -0.05) is 12.1 Å². The summed E-state index contributed by atoms with van der Waals surface area (Å²) < 4.78 is 0. The Morgan fingerprint density at radius 3 is 2.87 bits per heavy atom. The van der Waals surface area contributed by atoms with Crippen molar-refractivity contribution < 1.29 is 9.90 Å². The van der Waals surface area contributed by atoms with Crippen LogP contribution in [0.5, 0.6) is 0 Å². The average Bonchev–Trinajstić information content (AvgIpc) is 2.70. The Labute approximate surface area is 91.0 Å². The molecule has 1 aromatic heterocycles. The number of hydrogen-bond donors (Lipinski definition) is 1. The van der Waals surface area contributed by atoms with Gasteiger partial charge < -0.3 is 5.11 Å². The van der Waals surface area contributed by atoms with Gasteiger partial charge in [-0.15, -0.1) is 11.3 Å². The van der Waals surface area contributed by atoms with E-state index in [0.717, 1.165) is 16.8 Å². The van der Waals surface area contributed by atoms with Gasteiger partial charge in [0.1, 0.15) is 0 Å². The second-order valence-electron chi connectivity index (χ2n) is 3.16. The van der Waals surface area contributed by atoms with Crippen LogP contribution in [-0.2, 0) is 0 Å². The summed E-state index contributed by atoms with van der Waals surface area (Å²) in [5.41, 5.74) is 4.55. The monoisotopic (exact) mass is 219 g/mol. The topological polar surface area (TPSA) is 50.2 Å². The molecule has 0 saturated carbocycles. The summed E-state index contributed by atoms with van der Waals surface area (Å²) >= 11 is 1.50. The van der Waals surface area contributed by atoms with Crippen LogP contribution in [0.25, 0.3) is 11.3 Å². The second kappa shape index (κ2) is 3.82. The van der Waals surface area contributed by atoms with E-state index in [0.29, 0.717) is 5.56 Å². The van der Waals surface area contributed by atoms with E-state index in [1.807, 2.05) is 11.4 Å². The molecule has 15 heavy (non-hydrogen) atoms. The van der Waals surface area contributed by atoms with E-state index in [4.69, 9.17) is 5.11 Å². The van der Waals surface area contributed by atoms with Crippen molar-refractivity contribution in [2.75, 3.05) is 0 Å². The number of rotatable bonds is 2. The van der Waals surface area contributed by atoms with Crippen LogP contribution in [0.4, 0.5) is 0 Å². The van der Waals surface area contributed by atoms with Gasteiger partial charge in [0.2, 0.25) is 0 Å². The van der Waals surface area contributed by atoms with Gasteiger partial charge in [-0.25, -0.2) is 9.78 Å². The summed E-state index contributed by atoms with van der Waals surface area (Å²) in [4.78, 5) is 15.1. The normalized spacial score (nSPS) is 10.2. The van der Waals surface area contributed by atoms with Gasteiger partial charge >= 0.3 is 5.97 Å². The maximum atomic E-state index is 10.9. The quantitative estimate of drug-likeness (QED) is 0.844. The molecular formula is C11H9NO2S. The van der Waals surface area contributed by atoms with E-state index in [1.54, 1.807) is 24.6 Å². The van der Waals surface area contributed by atoms with E-state index >= 15 is 0 Å². The van der Waals surface area contributed by atoms with Gasteiger partial charge in [0.15, 0.2) is 0 Å². The Bertz CT molecular complexity index is 491. The Morgan fingerprint density at radius 1 is 1.47 bits per heavy atom. The standard InChI is InChI=1S/C11H9NO2S/c1-7-8(10-5-15-6-12-10)3-2-4-9(7)11(13)14/h2-6H,1H3,(H,13,14). The van der Waals surface area contributed by atoms with Crippen molar-refractivity contribution in [3.8, 4) is 11.3 Å². The molecule has 0 aliphatic heterocycles. The minimum absolute atomic E-state index is 0.334. The van der Waals surface area contributed by atoms with Crippen molar-refractivity contribution in [3.63, 3.8) is 0 Å². The number of carbonyl (C=O) groups is 1. The van der Waals surface area contributed by atoms with Gasteiger partial charge in [0, 0.05) is 10.9 Å². The number of aromatic carboxylic acids is 1. The number of aromatic nitrogens is 1. The lowest BCUT2D eigenvalue weighted by Gasteiger charge is -2.05. The van der Waals surface area contributed by atoms with Gasteiger partial charge in [0.25, 0.3) is 0 Å². The third-order valence-corrected chi connectivity index (χ3v) is 2.86. The molecule has 0 amide bonds. The zero-order valence-electron chi connectivity index (χ0n) is 8.10. The van der Waals surface area contributed by atoms with Crippen molar-refractivity contribution >= 4 is 17.3 Å².